The predicted molar refractivity (Wildman–Crippen MR) is 175 cm³/mol. The number of hydrogen-bond donors (Lipinski definition) is 1. The molecule has 4 heterocycles. The maximum absolute atomic E-state index is 13.8. The summed E-state index contributed by atoms with van der Waals surface area (Å²) in [6, 6.07) is 13.1. The molecule has 2 fully saturated rings. The van der Waals surface area contributed by atoms with Crippen LogP contribution in [0.1, 0.15) is 62.5 Å². The van der Waals surface area contributed by atoms with Crippen LogP contribution in [0.5, 0.6) is 5.88 Å². The molecule has 242 valence electrons. The Balaban J connectivity index is 1.09. The first-order valence-electron chi connectivity index (χ1n) is 15.7. The summed E-state index contributed by atoms with van der Waals surface area (Å²) in [5.74, 6) is 0.576. The number of amides is 2. The highest BCUT2D eigenvalue weighted by Gasteiger charge is 2.35. The lowest BCUT2D eigenvalue weighted by Crippen LogP contribution is -2.57. The van der Waals surface area contributed by atoms with Gasteiger partial charge in [-0.15, -0.1) is 0 Å². The Labute approximate surface area is 272 Å². The van der Waals surface area contributed by atoms with E-state index in [0.717, 1.165) is 36.7 Å². The molecule has 2 amide bonds. The number of benzene rings is 1. The number of nitrogens with zero attached hydrogens (tertiary/aromatic N) is 5. The van der Waals surface area contributed by atoms with Crippen molar-refractivity contribution in [2.75, 3.05) is 13.1 Å². The molecule has 1 N–H and O–H groups in total. The van der Waals surface area contributed by atoms with Crippen molar-refractivity contribution in [2.24, 2.45) is 5.92 Å². The second-order valence-corrected chi connectivity index (χ2v) is 13.6. The zero-order valence-corrected chi connectivity index (χ0v) is 27.3. The number of pyridine rings is 2. The van der Waals surface area contributed by atoms with Gasteiger partial charge in [0.2, 0.25) is 5.88 Å². The number of halogens is 1. The van der Waals surface area contributed by atoms with E-state index in [2.05, 4.69) is 15.3 Å². The molecule has 11 nitrogen and oxygen atoms in total. The maximum Gasteiger partial charge on any atom is 0.410 e. The third kappa shape index (κ3) is 6.89. The molecule has 0 radical (unpaired) electrons. The summed E-state index contributed by atoms with van der Waals surface area (Å²) < 4.78 is 14.9. The van der Waals surface area contributed by atoms with Crippen LogP contribution in [0.2, 0.25) is 5.02 Å². The Hall–Kier alpha value is -4.38. The molecule has 6 rings (SSSR count). The van der Waals surface area contributed by atoms with Crippen LogP contribution in [0.25, 0.3) is 16.7 Å². The van der Waals surface area contributed by atoms with Crippen molar-refractivity contribution >= 4 is 34.6 Å². The highest BCUT2D eigenvalue weighted by Crippen LogP contribution is 2.28. The zero-order chi connectivity index (χ0) is 32.6. The highest BCUT2D eigenvalue weighted by atomic mass is 35.5. The molecule has 4 aromatic rings. The lowest BCUT2D eigenvalue weighted by atomic mass is 9.85. The number of fused-ring (bicyclic) bond motifs is 1. The van der Waals surface area contributed by atoms with Gasteiger partial charge in [-0.3, -0.25) is 18.9 Å². The average Bonchev–Trinajstić information content (AvgIpc) is 3.27. The first-order chi connectivity index (χ1) is 21.9. The van der Waals surface area contributed by atoms with Crippen molar-refractivity contribution < 1.29 is 19.1 Å². The van der Waals surface area contributed by atoms with E-state index in [1.165, 1.54) is 6.20 Å². The topological polar surface area (TPSA) is 121 Å². The number of hydrogen-bond acceptors (Lipinski definition) is 7. The number of carbonyl (C=O) groups is 2. The van der Waals surface area contributed by atoms with Gasteiger partial charge >= 0.3 is 11.8 Å². The van der Waals surface area contributed by atoms with Gasteiger partial charge in [0.05, 0.1) is 52.3 Å². The second kappa shape index (κ2) is 12.8. The van der Waals surface area contributed by atoms with Crippen LogP contribution in [0.4, 0.5) is 4.79 Å². The Morgan fingerprint density at radius 1 is 1.00 bits per heavy atom. The molecule has 1 aliphatic carbocycles. The second-order valence-electron chi connectivity index (χ2n) is 13.2. The van der Waals surface area contributed by atoms with Gasteiger partial charge in [-0.25, -0.2) is 14.6 Å². The van der Waals surface area contributed by atoms with Crippen LogP contribution in [-0.2, 0) is 11.3 Å². The van der Waals surface area contributed by atoms with Crippen molar-refractivity contribution in [1.82, 2.24) is 29.3 Å². The Morgan fingerprint density at radius 3 is 2.39 bits per heavy atom. The minimum absolute atomic E-state index is 0.0623. The lowest BCUT2D eigenvalue weighted by molar-refractivity contribution is -0.0232. The third-order valence-electron chi connectivity index (χ3n) is 8.52. The first-order valence-corrected chi connectivity index (χ1v) is 16.1. The Kier molecular flexibility index (Phi) is 8.78. The fourth-order valence-corrected chi connectivity index (χ4v) is 6.27. The summed E-state index contributed by atoms with van der Waals surface area (Å²) in [6.07, 6.45) is 6.11. The van der Waals surface area contributed by atoms with Crippen LogP contribution >= 0.6 is 11.6 Å². The minimum Gasteiger partial charge on any atom is -0.471 e. The molecule has 46 heavy (non-hydrogen) atoms. The van der Waals surface area contributed by atoms with Crippen molar-refractivity contribution in [2.45, 2.75) is 77.7 Å². The number of ether oxygens (including phenoxy) is 2. The van der Waals surface area contributed by atoms with Gasteiger partial charge in [-0.1, -0.05) is 23.7 Å². The van der Waals surface area contributed by atoms with Crippen molar-refractivity contribution in [3.05, 3.63) is 81.6 Å². The molecule has 1 aromatic carbocycles. The van der Waals surface area contributed by atoms with Crippen LogP contribution in [0, 0.1) is 12.8 Å². The third-order valence-corrected chi connectivity index (χ3v) is 8.73. The van der Waals surface area contributed by atoms with E-state index < -0.39 is 5.60 Å². The largest absolute Gasteiger partial charge is 0.471 e. The highest BCUT2D eigenvalue weighted by molar-refractivity contribution is 6.30. The SMILES string of the molecule is Cc1ncc(Cl)cc1C(=O)NC1CCC(Cn2c(=O)n(-c3ccc(OC4CN(C(=O)OC(C)(C)C)C4)nc3)c3ccccc32)CC1. The van der Waals surface area contributed by atoms with E-state index in [-0.39, 0.29) is 29.8 Å². The standard InChI is InChI=1S/C34H39ClN6O5/c1-21-27(15-23(35)16-36-21)31(42)38-24-11-9-22(10-12-24)18-40-28-7-5-6-8-29(28)41(32(40)43)25-13-14-30(37-17-25)45-26-19-39(20-26)33(44)46-34(2,3)4/h5-8,13-17,22,24,26H,9-12,18-20H2,1-4H3,(H,38,42). The van der Waals surface area contributed by atoms with Crippen molar-refractivity contribution in [1.29, 1.82) is 0 Å². The van der Waals surface area contributed by atoms with Gasteiger partial charge in [-0.2, -0.15) is 0 Å². The number of para-hydroxylation sites is 2. The summed E-state index contributed by atoms with van der Waals surface area (Å²) in [4.78, 5) is 49.2. The molecule has 0 spiro atoms. The molecule has 1 saturated carbocycles. The Bertz CT molecular complexity index is 1800. The molecule has 0 unspecified atom stereocenters. The number of rotatable bonds is 7. The molecule has 2 aliphatic rings. The molecule has 0 bridgehead atoms. The molecular weight excluding hydrogens is 608 g/mol. The summed E-state index contributed by atoms with van der Waals surface area (Å²) in [7, 11) is 0. The van der Waals surface area contributed by atoms with E-state index in [4.69, 9.17) is 21.1 Å². The molecule has 12 heteroatoms. The van der Waals surface area contributed by atoms with Crippen LogP contribution in [0.3, 0.4) is 0 Å². The van der Waals surface area contributed by atoms with Gasteiger partial charge < -0.3 is 19.7 Å². The van der Waals surface area contributed by atoms with E-state index in [1.807, 2.05) is 55.7 Å². The zero-order valence-electron chi connectivity index (χ0n) is 26.5. The van der Waals surface area contributed by atoms with Gasteiger partial charge in [-0.05, 0) is 83.6 Å². The number of likely N-dealkylation sites (tertiary alicyclic amines) is 1. The van der Waals surface area contributed by atoms with Crippen LogP contribution < -0.4 is 15.7 Å². The monoisotopic (exact) mass is 646 g/mol. The number of aromatic nitrogens is 4. The minimum atomic E-state index is -0.545. The number of imidazole rings is 1. The lowest BCUT2D eigenvalue weighted by Gasteiger charge is -2.39. The van der Waals surface area contributed by atoms with Crippen molar-refractivity contribution in [3.8, 4) is 11.6 Å². The number of nitrogens with one attached hydrogen (secondary N) is 1. The van der Waals surface area contributed by atoms with Gasteiger partial charge in [0.1, 0.15) is 11.7 Å². The Morgan fingerprint density at radius 2 is 1.72 bits per heavy atom. The number of carbonyl (C=O) groups excluding carboxylic acids is 2. The average molecular weight is 647 g/mol. The van der Waals surface area contributed by atoms with Crippen LogP contribution in [0.15, 0.2) is 59.7 Å². The summed E-state index contributed by atoms with van der Waals surface area (Å²) in [5.41, 5.74) is 2.79. The fourth-order valence-electron chi connectivity index (χ4n) is 6.12. The summed E-state index contributed by atoms with van der Waals surface area (Å²) in [5, 5.41) is 3.58. The van der Waals surface area contributed by atoms with Gasteiger partial charge in [0.25, 0.3) is 5.91 Å². The van der Waals surface area contributed by atoms with Gasteiger partial charge in [0.15, 0.2) is 0 Å². The molecule has 1 aliphatic heterocycles. The van der Waals surface area contributed by atoms with Crippen molar-refractivity contribution in [3.63, 3.8) is 0 Å². The maximum atomic E-state index is 13.8. The number of aryl methyl sites for hydroxylation is 1. The normalized spacial score (nSPS) is 18.7. The van der Waals surface area contributed by atoms with E-state index in [9.17, 15) is 14.4 Å². The first kappa shape index (κ1) is 31.6. The quantitative estimate of drug-likeness (QED) is 0.280. The molecular formula is C34H39ClN6O5. The summed E-state index contributed by atoms with van der Waals surface area (Å²) >= 11 is 6.06. The van der Waals surface area contributed by atoms with Gasteiger partial charge in [0, 0.05) is 24.8 Å². The molecule has 3 aromatic heterocycles. The van der Waals surface area contributed by atoms with E-state index in [1.54, 1.807) is 34.7 Å². The fraction of sp³-hybridized carbons (Fsp3) is 0.441. The van der Waals surface area contributed by atoms with Crippen LogP contribution in [-0.4, -0.2) is 66.8 Å². The molecule has 0 atom stereocenters. The smallest absolute Gasteiger partial charge is 0.410 e. The van der Waals surface area contributed by atoms with E-state index in [0.29, 0.717) is 53.4 Å². The molecule has 1 saturated heterocycles. The van der Waals surface area contributed by atoms with E-state index >= 15 is 0 Å². The predicted octanol–water partition coefficient (Wildman–Crippen LogP) is 5.53. The summed E-state index contributed by atoms with van der Waals surface area (Å²) in [6.45, 7) is 8.76.